The molecule has 1 amide bonds. The first kappa shape index (κ1) is 18.0. The van der Waals surface area contributed by atoms with Crippen molar-refractivity contribution in [2.45, 2.75) is 6.92 Å². The third kappa shape index (κ3) is 4.07. The van der Waals surface area contributed by atoms with Crippen LogP contribution in [-0.2, 0) is 0 Å². The molecule has 0 saturated carbocycles. The smallest absolute Gasteiger partial charge is 0.295 e. The van der Waals surface area contributed by atoms with Gasteiger partial charge in [-0.1, -0.05) is 46.4 Å². The average Bonchev–Trinajstić information content (AvgIpc) is 2.91. The van der Waals surface area contributed by atoms with Crippen LogP contribution < -0.4 is 5.32 Å². The summed E-state index contributed by atoms with van der Waals surface area (Å²) >= 11 is 23.9. The minimum atomic E-state index is -0.501. The Labute approximate surface area is 163 Å². The Morgan fingerprint density at radius 3 is 2.32 bits per heavy atom. The van der Waals surface area contributed by atoms with Gasteiger partial charge in [0.25, 0.3) is 5.91 Å². The summed E-state index contributed by atoms with van der Waals surface area (Å²) in [6.07, 6.45) is 0. The van der Waals surface area contributed by atoms with E-state index in [-0.39, 0.29) is 5.82 Å². The van der Waals surface area contributed by atoms with Crippen LogP contribution in [0.3, 0.4) is 0 Å². The molecule has 0 fully saturated rings. The van der Waals surface area contributed by atoms with Gasteiger partial charge < -0.3 is 5.32 Å². The summed E-state index contributed by atoms with van der Waals surface area (Å²) in [5.41, 5.74) is 1.02. The molecule has 2 aromatic carbocycles. The highest BCUT2D eigenvalue weighted by atomic mass is 35.5. The van der Waals surface area contributed by atoms with E-state index in [4.69, 9.17) is 46.4 Å². The highest BCUT2D eigenvalue weighted by Gasteiger charge is 2.17. The Bertz CT molecular complexity index is 951. The van der Waals surface area contributed by atoms with Crippen molar-refractivity contribution in [3.05, 3.63) is 68.1 Å². The van der Waals surface area contributed by atoms with E-state index in [1.165, 1.54) is 10.7 Å². The maximum atomic E-state index is 12.4. The molecule has 1 N–H and O–H groups in total. The first-order valence-corrected chi connectivity index (χ1v) is 8.51. The zero-order chi connectivity index (χ0) is 18.1. The fourth-order valence-electron chi connectivity index (χ4n) is 2.16. The summed E-state index contributed by atoms with van der Waals surface area (Å²) in [6, 6.07) is 9.70. The number of hydrogen-bond acceptors (Lipinski definition) is 3. The molecule has 0 aliphatic rings. The number of carbonyl (C=O) groups excluding carboxylic acids is 1. The number of halogens is 4. The quantitative estimate of drug-likeness (QED) is 0.619. The molecule has 0 saturated heterocycles. The van der Waals surface area contributed by atoms with Gasteiger partial charge >= 0.3 is 0 Å². The second-order valence-electron chi connectivity index (χ2n) is 5.10. The standard InChI is InChI=1S/C16H10Cl4N4O/c1-8-21-15(16(25)22-14-3-2-9(17)7-13(14)20)23-24(8)12-5-10(18)4-11(19)6-12/h2-7H,1H3,(H,22,25). The van der Waals surface area contributed by atoms with Crippen LogP contribution in [0.25, 0.3) is 5.69 Å². The zero-order valence-corrected chi connectivity index (χ0v) is 15.7. The van der Waals surface area contributed by atoms with E-state index in [9.17, 15) is 4.79 Å². The van der Waals surface area contributed by atoms with Gasteiger partial charge in [-0.05, 0) is 43.3 Å². The molecule has 0 bridgehead atoms. The predicted molar refractivity (Wildman–Crippen MR) is 101 cm³/mol. The lowest BCUT2D eigenvalue weighted by Gasteiger charge is -2.05. The molecule has 1 aromatic heterocycles. The maximum Gasteiger partial charge on any atom is 0.295 e. The first-order chi connectivity index (χ1) is 11.8. The van der Waals surface area contributed by atoms with Gasteiger partial charge in [0, 0.05) is 15.1 Å². The molecule has 0 unspecified atom stereocenters. The van der Waals surface area contributed by atoms with Crippen molar-refractivity contribution in [1.29, 1.82) is 0 Å². The highest BCUT2D eigenvalue weighted by Crippen LogP contribution is 2.26. The summed E-state index contributed by atoms with van der Waals surface area (Å²) in [6.45, 7) is 1.72. The Morgan fingerprint density at radius 1 is 1.00 bits per heavy atom. The number of aromatic nitrogens is 3. The molecule has 0 radical (unpaired) electrons. The van der Waals surface area contributed by atoms with Crippen LogP contribution in [0, 0.1) is 6.92 Å². The van der Waals surface area contributed by atoms with E-state index >= 15 is 0 Å². The van der Waals surface area contributed by atoms with Gasteiger partial charge in [-0.25, -0.2) is 9.67 Å². The van der Waals surface area contributed by atoms with Crippen molar-refractivity contribution in [1.82, 2.24) is 14.8 Å². The number of nitrogens with zero attached hydrogens (tertiary/aromatic N) is 3. The van der Waals surface area contributed by atoms with E-state index in [2.05, 4.69) is 15.4 Å². The Hall–Kier alpha value is -1.79. The molecular formula is C16H10Cl4N4O. The van der Waals surface area contributed by atoms with Crippen molar-refractivity contribution in [2.75, 3.05) is 5.32 Å². The maximum absolute atomic E-state index is 12.4. The van der Waals surface area contributed by atoms with E-state index in [0.717, 1.165) is 0 Å². The average molecular weight is 416 g/mol. The molecule has 0 aliphatic carbocycles. The Kier molecular flexibility index (Phi) is 5.20. The summed E-state index contributed by atoms with van der Waals surface area (Å²) in [5.74, 6) is -0.00972. The zero-order valence-electron chi connectivity index (χ0n) is 12.7. The third-order valence-corrected chi connectivity index (χ3v) is 4.23. The SMILES string of the molecule is Cc1nc(C(=O)Nc2ccc(Cl)cc2Cl)nn1-c1cc(Cl)cc(Cl)c1. The second-order valence-corrected chi connectivity index (χ2v) is 6.82. The fourth-order valence-corrected chi connectivity index (χ4v) is 3.13. The van der Waals surface area contributed by atoms with Crippen molar-refractivity contribution in [2.24, 2.45) is 0 Å². The summed E-state index contributed by atoms with van der Waals surface area (Å²) < 4.78 is 1.48. The van der Waals surface area contributed by atoms with Gasteiger partial charge in [-0.3, -0.25) is 4.79 Å². The summed E-state index contributed by atoms with van der Waals surface area (Å²) in [4.78, 5) is 16.6. The normalized spacial score (nSPS) is 10.8. The molecule has 9 heteroatoms. The van der Waals surface area contributed by atoms with Gasteiger partial charge in [-0.2, -0.15) is 0 Å². The van der Waals surface area contributed by atoms with E-state index in [1.807, 2.05) is 0 Å². The number of rotatable bonds is 3. The highest BCUT2D eigenvalue weighted by molar-refractivity contribution is 6.37. The van der Waals surface area contributed by atoms with E-state index in [1.54, 1.807) is 37.3 Å². The molecule has 3 rings (SSSR count). The number of carbonyl (C=O) groups is 1. The third-order valence-electron chi connectivity index (χ3n) is 3.24. The molecule has 3 aromatic rings. The van der Waals surface area contributed by atoms with Crippen LogP contribution in [0.5, 0.6) is 0 Å². The van der Waals surface area contributed by atoms with Crippen LogP contribution >= 0.6 is 46.4 Å². The Balaban J connectivity index is 1.90. The van der Waals surface area contributed by atoms with Gasteiger partial charge in [0.05, 0.1) is 16.4 Å². The van der Waals surface area contributed by atoms with Gasteiger partial charge in [-0.15, -0.1) is 5.10 Å². The van der Waals surface area contributed by atoms with Crippen LogP contribution in [0.15, 0.2) is 36.4 Å². The lowest BCUT2D eigenvalue weighted by Crippen LogP contribution is -2.14. The van der Waals surface area contributed by atoms with Crippen molar-refractivity contribution in [3.8, 4) is 5.69 Å². The number of aryl methyl sites for hydroxylation is 1. The number of nitrogens with one attached hydrogen (secondary N) is 1. The van der Waals surface area contributed by atoms with Crippen LogP contribution in [0.4, 0.5) is 5.69 Å². The second kappa shape index (κ2) is 7.22. The van der Waals surface area contributed by atoms with E-state index in [0.29, 0.717) is 37.3 Å². The number of amides is 1. The van der Waals surface area contributed by atoms with Crippen molar-refractivity contribution in [3.63, 3.8) is 0 Å². The van der Waals surface area contributed by atoms with Gasteiger partial charge in [0.15, 0.2) is 0 Å². The molecule has 5 nitrogen and oxygen atoms in total. The fraction of sp³-hybridized carbons (Fsp3) is 0.0625. The topological polar surface area (TPSA) is 59.8 Å². The molecule has 0 aliphatic heterocycles. The summed E-state index contributed by atoms with van der Waals surface area (Å²) in [5, 5.41) is 8.56. The van der Waals surface area contributed by atoms with Crippen LogP contribution in [0.2, 0.25) is 20.1 Å². The Morgan fingerprint density at radius 2 is 1.68 bits per heavy atom. The number of anilines is 1. The van der Waals surface area contributed by atoms with Crippen LogP contribution in [-0.4, -0.2) is 20.7 Å². The van der Waals surface area contributed by atoms with E-state index < -0.39 is 5.91 Å². The van der Waals surface area contributed by atoms with Crippen LogP contribution in [0.1, 0.15) is 16.4 Å². The molecule has 128 valence electrons. The lowest BCUT2D eigenvalue weighted by atomic mass is 10.3. The number of benzene rings is 2. The minimum absolute atomic E-state index is 0.0142. The van der Waals surface area contributed by atoms with Gasteiger partial charge in [0.1, 0.15) is 5.82 Å². The molecule has 1 heterocycles. The largest absolute Gasteiger partial charge is 0.318 e. The van der Waals surface area contributed by atoms with Crippen molar-refractivity contribution < 1.29 is 4.79 Å². The van der Waals surface area contributed by atoms with Crippen molar-refractivity contribution >= 4 is 58.0 Å². The summed E-state index contributed by atoms with van der Waals surface area (Å²) in [7, 11) is 0. The first-order valence-electron chi connectivity index (χ1n) is 7.00. The molecule has 0 atom stereocenters. The number of hydrogen-bond donors (Lipinski definition) is 1. The monoisotopic (exact) mass is 414 g/mol. The van der Waals surface area contributed by atoms with Gasteiger partial charge in [0.2, 0.25) is 5.82 Å². The molecule has 25 heavy (non-hydrogen) atoms. The molecule has 0 spiro atoms. The lowest BCUT2D eigenvalue weighted by molar-refractivity contribution is 0.101. The predicted octanol–water partition coefficient (Wildman–Crippen LogP) is 5.44. The minimum Gasteiger partial charge on any atom is -0.318 e. The molecular weight excluding hydrogens is 406 g/mol.